The first kappa shape index (κ1) is 15.0. The molecule has 20 heavy (non-hydrogen) atoms. The van der Waals surface area contributed by atoms with Gasteiger partial charge in [0.25, 0.3) is 0 Å². The molecule has 0 N–H and O–H groups in total. The van der Waals surface area contributed by atoms with Crippen molar-refractivity contribution < 1.29 is 4.79 Å². The lowest BCUT2D eigenvalue weighted by Crippen LogP contribution is -2.43. The summed E-state index contributed by atoms with van der Waals surface area (Å²) in [5.74, 6) is 0.979. The molecule has 1 aromatic rings. The average molecular weight is 278 g/mol. The first-order valence-electron chi connectivity index (χ1n) is 7.68. The zero-order valence-corrected chi connectivity index (χ0v) is 12.7. The molecule has 0 unspecified atom stereocenters. The van der Waals surface area contributed by atoms with Gasteiger partial charge in [0, 0.05) is 32.0 Å². The molecule has 112 valence electrons. The summed E-state index contributed by atoms with van der Waals surface area (Å²) in [6.45, 7) is 9.41. The SMILES string of the molecule is CCN(CC)C(=O)CN1CCC(Cn2ccnc2)CC1. The molecule has 1 aliphatic heterocycles. The number of piperidine rings is 1. The third-order valence-corrected chi connectivity index (χ3v) is 4.21. The van der Waals surface area contributed by atoms with Gasteiger partial charge in [-0.15, -0.1) is 0 Å². The van der Waals surface area contributed by atoms with E-state index in [1.807, 2.05) is 37.5 Å². The van der Waals surface area contributed by atoms with Gasteiger partial charge < -0.3 is 9.47 Å². The van der Waals surface area contributed by atoms with Gasteiger partial charge >= 0.3 is 0 Å². The summed E-state index contributed by atoms with van der Waals surface area (Å²) in [6.07, 6.45) is 8.08. The number of nitrogens with zero attached hydrogens (tertiary/aromatic N) is 4. The Kier molecular flexibility index (Phi) is 5.59. The Morgan fingerprint density at radius 2 is 2.00 bits per heavy atom. The molecule has 0 aromatic carbocycles. The fourth-order valence-corrected chi connectivity index (χ4v) is 2.89. The maximum Gasteiger partial charge on any atom is 0.236 e. The van der Waals surface area contributed by atoms with Gasteiger partial charge in [-0.3, -0.25) is 9.69 Å². The quantitative estimate of drug-likeness (QED) is 0.791. The Bertz CT molecular complexity index is 392. The Morgan fingerprint density at radius 1 is 1.30 bits per heavy atom. The summed E-state index contributed by atoms with van der Waals surface area (Å²) in [5, 5.41) is 0. The largest absolute Gasteiger partial charge is 0.342 e. The molecule has 2 heterocycles. The molecule has 2 rings (SSSR count). The number of rotatable bonds is 6. The van der Waals surface area contributed by atoms with Crippen LogP contribution in [0.15, 0.2) is 18.7 Å². The van der Waals surface area contributed by atoms with Crippen molar-refractivity contribution in [1.29, 1.82) is 0 Å². The first-order valence-corrected chi connectivity index (χ1v) is 7.68. The van der Waals surface area contributed by atoms with E-state index >= 15 is 0 Å². The van der Waals surface area contributed by atoms with Gasteiger partial charge in [0.1, 0.15) is 0 Å². The van der Waals surface area contributed by atoms with E-state index in [2.05, 4.69) is 14.5 Å². The molecule has 1 saturated heterocycles. The molecule has 0 atom stereocenters. The van der Waals surface area contributed by atoms with Crippen LogP contribution in [-0.4, -0.2) is 58.0 Å². The van der Waals surface area contributed by atoms with Crippen molar-refractivity contribution in [2.75, 3.05) is 32.7 Å². The summed E-state index contributed by atoms with van der Waals surface area (Å²) in [5.41, 5.74) is 0. The highest BCUT2D eigenvalue weighted by Crippen LogP contribution is 2.19. The molecule has 0 spiro atoms. The number of likely N-dealkylation sites (N-methyl/N-ethyl adjacent to an activating group) is 1. The molecule has 5 nitrogen and oxygen atoms in total. The monoisotopic (exact) mass is 278 g/mol. The van der Waals surface area contributed by atoms with Crippen LogP contribution in [0.1, 0.15) is 26.7 Å². The molecule has 0 saturated carbocycles. The summed E-state index contributed by atoms with van der Waals surface area (Å²) in [4.78, 5) is 20.4. The highest BCUT2D eigenvalue weighted by molar-refractivity contribution is 5.78. The normalized spacial score (nSPS) is 17.3. The summed E-state index contributed by atoms with van der Waals surface area (Å²) in [7, 11) is 0. The zero-order chi connectivity index (χ0) is 14.4. The topological polar surface area (TPSA) is 41.4 Å². The first-order chi connectivity index (χ1) is 9.72. The lowest BCUT2D eigenvalue weighted by molar-refractivity contribution is -0.132. The van der Waals surface area contributed by atoms with Gasteiger partial charge in [0.15, 0.2) is 0 Å². The second-order valence-corrected chi connectivity index (χ2v) is 5.55. The Morgan fingerprint density at radius 3 is 2.55 bits per heavy atom. The highest BCUT2D eigenvalue weighted by Gasteiger charge is 2.22. The maximum absolute atomic E-state index is 12.1. The molecule has 1 aromatic heterocycles. The fourth-order valence-electron chi connectivity index (χ4n) is 2.89. The van der Waals surface area contributed by atoms with Crippen molar-refractivity contribution in [1.82, 2.24) is 19.4 Å². The van der Waals surface area contributed by atoms with Gasteiger partial charge in [0.05, 0.1) is 12.9 Å². The number of carbonyl (C=O) groups excluding carboxylic acids is 1. The van der Waals surface area contributed by atoms with Gasteiger partial charge in [-0.25, -0.2) is 4.98 Å². The van der Waals surface area contributed by atoms with Crippen LogP contribution in [0.3, 0.4) is 0 Å². The average Bonchev–Trinajstić information content (AvgIpc) is 2.95. The zero-order valence-electron chi connectivity index (χ0n) is 12.7. The summed E-state index contributed by atoms with van der Waals surface area (Å²) < 4.78 is 2.15. The van der Waals surface area contributed by atoms with Crippen LogP contribution in [0, 0.1) is 5.92 Å². The molecule has 1 amide bonds. The van der Waals surface area contributed by atoms with E-state index in [1.54, 1.807) is 0 Å². The Balaban J connectivity index is 1.72. The fraction of sp³-hybridized carbons (Fsp3) is 0.733. The second kappa shape index (κ2) is 7.43. The predicted octanol–water partition coefficient (Wildman–Crippen LogP) is 1.46. The molecule has 0 aliphatic carbocycles. The number of likely N-dealkylation sites (tertiary alicyclic amines) is 1. The number of hydrogen-bond donors (Lipinski definition) is 0. The third-order valence-electron chi connectivity index (χ3n) is 4.21. The minimum Gasteiger partial charge on any atom is -0.342 e. The van der Waals surface area contributed by atoms with Gasteiger partial charge in [-0.2, -0.15) is 0 Å². The van der Waals surface area contributed by atoms with Crippen LogP contribution in [0.4, 0.5) is 0 Å². The lowest BCUT2D eigenvalue weighted by atomic mass is 9.97. The maximum atomic E-state index is 12.1. The summed E-state index contributed by atoms with van der Waals surface area (Å²) in [6, 6.07) is 0. The number of aromatic nitrogens is 2. The number of carbonyl (C=O) groups is 1. The van der Waals surface area contributed by atoms with Gasteiger partial charge in [0.2, 0.25) is 5.91 Å². The van der Waals surface area contributed by atoms with Crippen LogP contribution >= 0.6 is 0 Å². The van der Waals surface area contributed by atoms with E-state index in [-0.39, 0.29) is 5.91 Å². The van der Waals surface area contributed by atoms with Gasteiger partial charge in [-0.05, 0) is 45.7 Å². The Hall–Kier alpha value is -1.36. The van der Waals surface area contributed by atoms with E-state index in [1.165, 1.54) is 12.8 Å². The van der Waals surface area contributed by atoms with E-state index < -0.39 is 0 Å². The van der Waals surface area contributed by atoms with Crippen molar-refractivity contribution in [2.45, 2.75) is 33.2 Å². The molecule has 5 heteroatoms. The third kappa shape index (κ3) is 4.07. The smallest absolute Gasteiger partial charge is 0.236 e. The van der Waals surface area contributed by atoms with Crippen LogP contribution < -0.4 is 0 Å². The molecule has 0 bridgehead atoms. The van der Waals surface area contributed by atoms with E-state index in [4.69, 9.17) is 0 Å². The van der Waals surface area contributed by atoms with E-state index in [0.717, 1.165) is 32.7 Å². The standard InChI is InChI=1S/C15H26N4O/c1-3-19(4-2)15(20)12-17-8-5-14(6-9-17)11-18-10-7-16-13-18/h7,10,13-14H,3-6,8-9,11-12H2,1-2H3. The number of amides is 1. The van der Waals surface area contributed by atoms with Gasteiger partial charge in [-0.1, -0.05) is 0 Å². The lowest BCUT2D eigenvalue weighted by Gasteiger charge is -2.32. The molecular formula is C15H26N4O. The Labute approximate surface area is 121 Å². The number of imidazole rings is 1. The van der Waals surface area contributed by atoms with Crippen molar-refractivity contribution in [3.05, 3.63) is 18.7 Å². The minimum absolute atomic E-state index is 0.267. The van der Waals surface area contributed by atoms with Crippen molar-refractivity contribution in [2.24, 2.45) is 5.92 Å². The molecule has 1 fully saturated rings. The second-order valence-electron chi connectivity index (χ2n) is 5.55. The number of hydrogen-bond acceptors (Lipinski definition) is 3. The van der Waals surface area contributed by atoms with Crippen molar-refractivity contribution in [3.8, 4) is 0 Å². The minimum atomic E-state index is 0.267. The van der Waals surface area contributed by atoms with Crippen LogP contribution in [0.25, 0.3) is 0 Å². The highest BCUT2D eigenvalue weighted by atomic mass is 16.2. The molecule has 1 aliphatic rings. The molecule has 0 radical (unpaired) electrons. The van der Waals surface area contributed by atoms with E-state index in [0.29, 0.717) is 12.5 Å². The predicted molar refractivity (Wildman–Crippen MR) is 79.3 cm³/mol. The van der Waals surface area contributed by atoms with Crippen LogP contribution in [-0.2, 0) is 11.3 Å². The van der Waals surface area contributed by atoms with Crippen molar-refractivity contribution >= 4 is 5.91 Å². The van der Waals surface area contributed by atoms with Crippen LogP contribution in [0.5, 0.6) is 0 Å². The van der Waals surface area contributed by atoms with E-state index in [9.17, 15) is 4.79 Å². The molecular weight excluding hydrogens is 252 g/mol. The van der Waals surface area contributed by atoms with Crippen molar-refractivity contribution in [3.63, 3.8) is 0 Å². The summed E-state index contributed by atoms with van der Waals surface area (Å²) >= 11 is 0. The van der Waals surface area contributed by atoms with Crippen LogP contribution in [0.2, 0.25) is 0 Å².